The van der Waals surface area contributed by atoms with Crippen LogP contribution < -0.4 is 4.74 Å². The molecule has 0 saturated heterocycles. The van der Waals surface area contributed by atoms with Gasteiger partial charge in [-0.2, -0.15) is 0 Å². The number of aryl methyl sites for hydroxylation is 1. The highest BCUT2D eigenvalue weighted by Gasteiger charge is 2.26. The smallest absolute Gasteiger partial charge is 0.341 e. The van der Waals surface area contributed by atoms with Crippen LogP contribution in [0.5, 0.6) is 5.75 Å². The molecule has 0 N–H and O–H groups in total. The summed E-state index contributed by atoms with van der Waals surface area (Å²) in [5.41, 5.74) is 4.22. The lowest BCUT2D eigenvalue weighted by Crippen LogP contribution is -2.05. The number of ether oxygens (including phenoxy) is 2. The number of hydrogen-bond donors (Lipinski definition) is 0. The van der Waals surface area contributed by atoms with Crippen LogP contribution in [-0.4, -0.2) is 17.6 Å². The van der Waals surface area contributed by atoms with Gasteiger partial charge < -0.3 is 14.0 Å². The van der Waals surface area contributed by atoms with E-state index < -0.39 is 5.97 Å². The molecule has 0 unspecified atom stereocenters. The van der Waals surface area contributed by atoms with Crippen LogP contribution in [0.25, 0.3) is 27.7 Å². The van der Waals surface area contributed by atoms with E-state index in [2.05, 4.69) is 10.6 Å². The fourth-order valence-corrected chi connectivity index (χ4v) is 3.15. The number of hydrogen-bond acceptors (Lipinski definition) is 3. The molecule has 4 rings (SSSR count). The summed E-state index contributed by atoms with van der Waals surface area (Å²) in [5, 5.41) is 1.02. The zero-order valence-corrected chi connectivity index (χ0v) is 12.9. The molecule has 1 aromatic heterocycles. The molecule has 23 heavy (non-hydrogen) atoms. The Hall–Kier alpha value is -3.01. The molecule has 0 atom stereocenters. The number of aromatic nitrogens is 1. The number of esters is 1. The maximum atomic E-state index is 12.1. The number of nitrogens with zero attached hydrogens (tertiary/aromatic N) is 1. The van der Waals surface area contributed by atoms with Gasteiger partial charge in [-0.15, -0.1) is 0 Å². The van der Waals surface area contributed by atoms with Crippen molar-refractivity contribution in [3.05, 3.63) is 60.4 Å². The fourth-order valence-electron chi connectivity index (χ4n) is 3.15. The zero-order valence-electron chi connectivity index (χ0n) is 12.9. The third-order valence-electron chi connectivity index (χ3n) is 4.23. The third kappa shape index (κ3) is 1.88. The van der Waals surface area contributed by atoms with Crippen molar-refractivity contribution in [2.45, 2.75) is 0 Å². The number of carbonyl (C=O) groups is 1. The van der Waals surface area contributed by atoms with Gasteiger partial charge in [-0.05, 0) is 12.1 Å². The highest BCUT2D eigenvalue weighted by Crippen LogP contribution is 2.44. The summed E-state index contributed by atoms with van der Waals surface area (Å²) in [6, 6.07) is 15.8. The monoisotopic (exact) mass is 305 g/mol. The second-order valence-electron chi connectivity index (χ2n) is 5.44. The van der Waals surface area contributed by atoms with Gasteiger partial charge in [-0.1, -0.05) is 36.4 Å². The molecular formula is C19H15NO3. The molecule has 3 aromatic rings. The molecule has 4 nitrogen and oxygen atoms in total. The Labute approximate surface area is 133 Å². The highest BCUT2D eigenvalue weighted by atomic mass is 16.5. The molecule has 1 aliphatic rings. The van der Waals surface area contributed by atoms with E-state index in [9.17, 15) is 4.79 Å². The van der Waals surface area contributed by atoms with E-state index in [0.717, 1.165) is 33.5 Å². The van der Waals surface area contributed by atoms with E-state index >= 15 is 0 Å². The predicted molar refractivity (Wildman–Crippen MR) is 89.0 cm³/mol. The molecule has 0 fully saturated rings. The number of benzene rings is 2. The summed E-state index contributed by atoms with van der Waals surface area (Å²) < 4.78 is 12.9. The third-order valence-corrected chi connectivity index (χ3v) is 4.23. The van der Waals surface area contributed by atoms with E-state index in [-0.39, 0.29) is 0 Å². The van der Waals surface area contributed by atoms with Crippen LogP contribution >= 0.6 is 0 Å². The van der Waals surface area contributed by atoms with Crippen LogP contribution in [0.3, 0.4) is 0 Å². The van der Waals surface area contributed by atoms with Crippen molar-refractivity contribution >= 4 is 22.4 Å². The van der Waals surface area contributed by atoms with Gasteiger partial charge in [0.2, 0.25) is 0 Å². The molecule has 4 heteroatoms. The first-order valence-electron chi connectivity index (χ1n) is 7.34. The van der Waals surface area contributed by atoms with Crippen LogP contribution in [0.15, 0.2) is 54.8 Å². The first-order valence-corrected chi connectivity index (χ1v) is 7.34. The minimum atomic E-state index is -0.408. The van der Waals surface area contributed by atoms with Gasteiger partial charge >= 0.3 is 5.97 Å². The summed E-state index contributed by atoms with van der Waals surface area (Å²) in [6.07, 6.45) is 1.49. The van der Waals surface area contributed by atoms with E-state index in [1.54, 1.807) is 0 Å². The fraction of sp³-hybridized carbons (Fsp3) is 0.105. The van der Waals surface area contributed by atoms with Crippen molar-refractivity contribution < 1.29 is 14.3 Å². The van der Waals surface area contributed by atoms with Gasteiger partial charge in [0.05, 0.1) is 18.3 Å². The van der Waals surface area contributed by atoms with Crippen molar-refractivity contribution in [2.24, 2.45) is 7.05 Å². The molecule has 0 saturated carbocycles. The Morgan fingerprint density at radius 2 is 1.74 bits per heavy atom. The topological polar surface area (TPSA) is 40.5 Å². The number of fused-ring (bicyclic) bond motifs is 5. The molecule has 0 spiro atoms. The van der Waals surface area contributed by atoms with Gasteiger partial charge in [-0.25, -0.2) is 4.79 Å². The number of para-hydroxylation sites is 1. The quantitative estimate of drug-likeness (QED) is 0.643. The molecule has 0 amide bonds. The summed E-state index contributed by atoms with van der Waals surface area (Å²) in [4.78, 5) is 12.1. The second kappa shape index (κ2) is 5.02. The number of methoxy groups -OCH3 is 1. The standard InChI is InChI=1S/C19H15NO3/c1-20-16-10-6-5-9-14(16)18-17(20)13-8-4-3-7-12(13)15(11-23-18)19(21)22-2/h3-11H,1-2H3. The normalized spacial score (nSPS) is 12.7. The van der Waals surface area contributed by atoms with Crippen molar-refractivity contribution in [3.63, 3.8) is 0 Å². The zero-order chi connectivity index (χ0) is 16.0. The lowest BCUT2D eigenvalue weighted by atomic mass is 9.98. The molecular weight excluding hydrogens is 290 g/mol. The minimum Gasteiger partial charge on any atom is -0.465 e. The molecule has 1 aliphatic heterocycles. The lowest BCUT2D eigenvalue weighted by Gasteiger charge is -2.10. The van der Waals surface area contributed by atoms with Gasteiger partial charge in [0.1, 0.15) is 11.8 Å². The van der Waals surface area contributed by atoms with Crippen molar-refractivity contribution in [1.29, 1.82) is 0 Å². The average Bonchev–Trinajstić information content (AvgIpc) is 2.77. The van der Waals surface area contributed by atoms with Crippen molar-refractivity contribution in [1.82, 2.24) is 4.57 Å². The number of rotatable bonds is 1. The van der Waals surface area contributed by atoms with Crippen LogP contribution in [-0.2, 0) is 16.6 Å². The second-order valence-corrected chi connectivity index (χ2v) is 5.44. The van der Waals surface area contributed by atoms with Gasteiger partial charge in [0.25, 0.3) is 0 Å². The van der Waals surface area contributed by atoms with Crippen LogP contribution in [0.1, 0.15) is 5.56 Å². The molecule has 0 aliphatic carbocycles. The number of carbonyl (C=O) groups excluding carboxylic acids is 1. The van der Waals surface area contributed by atoms with E-state index in [1.807, 2.05) is 49.5 Å². The van der Waals surface area contributed by atoms with Gasteiger partial charge in [0.15, 0.2) is 5.75 Å². The van der Waals surface area contributed by atoms with Crippen molar-refractivity contribution in [3.8, 4) is 17.0 Å². The first-order chi connectivity index (χ1) is 11.2. The van der Waals surface area contributed by atoms with Crippen molar-refractivity contribution in [2.75, 3.05) is 7.11 Å². The van der Waals surface area contributed by atoms with E-state index in [0.29, 0.717) is 5.57 Å². The van der Waals surface area contributed by atoms with E-state index in [1.165, 1.54) is 13.4 Å². The SMILES string of the molecule is COC(=O)C1=COc2c(n(C)c3ccccc23)-c2ccccc21. The maximum absolute atomic E-state index is 12.1. The summed E-state index contributed by atoms with van der Waals surface area (Å²) in [5.74, 6) is 0.351. The van der Waals surface area contributed by atoms with Crippen LogP contribution in [0.4, 0.5) is 0 Å². The predicted octanol–water partition coefficient (Wildman–Crippen LogP) is 3.75. The maximum Gasteiger partial charge on any atom is 0.341 e. The van der Waals surface area contributed by atoms with Gasteiger partial charge in [0, 0.05) is 23.6 Å². The Bertz CT molecular complexity index is 966. The largest absolute Gasteiger partial charge is 0.465 e. The summed E-state index contributed by atoms with van der Waals surface area (Å²) >= 11 is 0. The minimum absolute atomic E-state index is 0.408. The molecule has 2 aromatic carbocycles. The molecule has 2 heterocycles. The van der Waals surface area contributed by atoms with Crippen LogP contribution in [0.2, 0.25) is 0 Å². The summed E-state index contributed by atoms with van der Waals surface area (Å²) in [7, 11) is 3.38. The molecule has 114 valence electrons. The van der Waals surface area contributed by atoms with Gasteiger partial charge in [-0.3, -0.25) is 0 Å². The molecule has 0 radical (unpaired) electrons. The Kier molecular flexibility index (Phi) is 2.98. The van der Waals surface area contributed by atoms with Crippen LogP contribution in [0, 0.1) is 0 Å². The molecule has 0 bridgehead atoms. The average molecular weight is 305 g/mol. The lowest BCUT2D eigenvalue weighted by molar-refractivity contribution is -0.133. The van der Waals surface area contributed by atoms with E-state index in [4.69, 9.17) is 9.47 Å². The first kappa shape index (κ1) is 13.6. The Morgan fingerprint density at radius 3 is 2.52 bits per heavy atom. The Morgan fingerprint density at radius 1 is 1.04 bits per heavy atom. The highest BCUT2D eigenvalue weighted by molar-refractivity contribution is 6.19. The Balaban J connectivity index is 2.09. The summed E-state index contributed by atoms with van der Waals surface area (Å²) in [6.45, 7) is 0.